The molecule has 4 aliphatic heterocycles. The van der Waals surface area contributed by atoms with E-state index < -0.39 is 29.7 Å². The average Bonchev–Trinajstić information content (AvgIpc) is 3.63. The number of imide groups is 2. The van der Waals surface area contributed by atoms with E-state index in [4.69, 9.17) is 11.6 Å². The lowest BCUT2D eigenvalue weighted by atomic mass is 9.93. The maximum absolute atomic E-state index is 15.4. The number of nitrogens with zero attached hydrogens (tertiary/aromatic N) is 6. The Morgan fingerprint density at radius 1 is 0.877 bits per heavy atom. The number of rotatable bonds is 6. The van der Waals surface area contributed by atoms with Crippen LogP contribution in [0.5, 0.6) is 0 Å². The van der Waals surface area contributed by atoms with Gasteiger partial charge in [-0.3, -0.25) is 29.4 Å². The maximum Gasteiger partial charge on any atom is 0.262 e. The number of fused-ring (bicyclic) bond motifs is 1. The van der Waals surface area contributed by atoms with Crippen molar-refractivity contribution in [3.63, 3.8) is 0 Å². The van der Waals surface area contributed by atoms with E-state index in [1.54, 1.807) is 41.1 Å². The highest BCUT2D eigenvalue weighted by atomic mass is 35.5. The summed E-state index contributed by atoms with van der Waals surface area (Å²) in [4.78, 5) is 56.3. The largest absolute Gasteiger partial charge is 0.371 e. The smallest absolute Gasteiger partial charge is 0.262 e. The van der Waals surface area contributed by atoms with Gasteiger partial charge in [-0.15, -0.1) is 0 Å². The molecule has 5 heterocycles. The van der Waals surface area contributed by atoms with Crippen molar-refractivity contribution < 1.29 is 23.6 Å². The molecule has 0 saturated carbocycles. The van der Waals surface area contributed by atoms with Gasteiger partial charge >= 0.3 is 0 Å². The number of anilines is 1. The number of benzene rings is 3. The number of piperidine rings is 3. The highest BCUT2D eigenvalue weighted by Crippen LogP contribution is 2.33. The molecule has 3 saturated heterocycles. The third-order valence-electron chi connectivity index (χ3n) is 11.9. The normalized spacial score (nSPS) is 19.3. The molecule has 1 atom stereocenters. The fourth-order valence-corrected chi connectivity index (χ4v) is 8.82. The molecule has 57 heavy (non-hydrogen) atoms. The van der Waals surface area contributed by atoms with E-state index in [0.29, 0.717) is 39.7 Å². The molecule has 4 aliphatic rings. The number of hydrogen-bond donors (Lipinski definition) is 1. The Bertz CT molecular complexity index is 2430. The van der Waals surface area contributed by atoms with Gasteiger partial charge in [0.15, 0.2) is 0 Å². The summed E-state index contributed by atoms with van der Waals surface area (Å²) in [5.41, 5.74) is 6.43. The monoisotopic (exact) mass is 785 g/mol. The standard InChI is InChI=1S/C44H41ClFN7O4/c1-26-36(27(2)53(49-26)34-8-7-31(25-47)38(45)24-34)22-30-6-5-29(21-39(30)46)4-3-28-13-17-50(18-14-28)32-15-19-51(20-16-32)33-9-10-35-37(23-33)44(57)52(43(35)56)40-11-12-41(54)48-42(40)55/h5-10,21,23-24,28,32,40H,11-20,22H2,1-2H3,(H,48,54,55). The molecule has 0 aliphatic carbocycles. The first-order chi connectivity index (χ1) is 27.5. The molecule has 3 aromatic carbocycles. The van der Waals surface area contributed by atoms with Gasteiger partial charge in [0.05, 0.1) is 33.1 Å². The second-order valence-electron chi connectivity index (χ2n) is 15.3. The van der Waals surface area contributed by atoms with Gasteiger partial charge < -0.3 is 9.80 Å². The number of carbonyl (C=O) groups is 4. The molecular formula is C44H41ClFN7O4. The van der Waals surface area contributed by atoms with E-state index in [-0.39, 0.29) is 30.1 Å². The van der Waals surface area contributed by atoms with Crippen LogP contribution in [0.3, 0.4) is 0 Å². The number of nitriles is 1. The van der Waals surface area contributed by atoms with Crippen molar-refractivity contribution >= 4 is 40.9 Å². The molecule has 290 valence electrons. The van der Waals surface area contributed by atoms with Crippen LogP contribution < -0.4 is 10.2 Å². The Kier molecular flexibility index (Phi) is 10.4. The highest BCUT2D eigenvalue weighted by Gasteiger charge is 2.45. The minimum absolute atomic E-state index is 0.0858. The molecule has 0 radical (unpaired) electrons. The Morgan fingerprint density at radius 2 is 1.61 bits per heavy atom. The van der Waals surface area contributed by atoms with E-state index in [1.165, 1.54) is 6.07 Å². The second-order valence-corrected chi connectivity index (χ2v) is 15.7. The third kappa shape index (κ3) is 7.43. The van der Waals surface area contributed by atoms with Crippen molar-refractivity contribution in [2.24, 2.45) is 5.92 Å². The minimum atomic E-state index is -0.980. The van der Waals surface area contributed by atoms with Crippen molar-refractivity contribution in [1.82, 2.24) is 24.9 Å². The van der Waals surface area contributed by atoms with Crippen LogP contribution in [0.2, 0.25) is 5.02 Å². The molecule has 8 rings (SSSR count). The number of halogens is 2. The van der Waals surface area contributed by atoms with E-state index in [2.05, 4.69) is 38.1 Å². The first-order valence-electron chi connectivity index (χ1n) is 19.4. The average molecular weight is 786 g/mol. The van der Waals surface area contributed by atoms with E-state index >= 15 is 4.39 Å². The summed E-state index contributed by atoms with van der Waals surface area (Å²) < 4.78 is 17.2. The van der Waals surface area contributed by atoms with Gasteiger partial charge in [0.1, 0.15) is 17.9 Å². The van der Waals surface area contributed by atoms with Gasteiger partial charge in [0.25, 0.3) is 11.8 Å². The zero-order valence-electron chi connectivity index (χ0n) is 31.8. The molecule has 1 unspecified atom stereocenters. The fourth-order valence-electron chi connectivity index (χ4n) is 8.61. The van der Waals surface area contributed by atoms with Crippen LogP contribution in [0.1, 0.15) is 92.9 Å². The molecule has 4 amide bonds. The molecule has 1 aromatic heterocycles. The Labute approximate surface area is 335 Å². The van der Waals surface area contributed by atoms with Gasteiger partial charge in [-0.25, -0.2) is 9.07 Å². The molecule has 11 nitrogen and oxygen atoms in total. The molecule has 3 fully saturated rings. The molecular weight excluding hydrogens is 745 g/mol. The summed E-state index contributed by atoms with van der Waals surface area (Å²) in [7, 11) is 0. The lowest BCUT2D eigenvalue weighted by molar-refractivity contribution is -0.136. The highest BCUT2D eigenvalue weighted by molar-refractivity contribution is 6.31. The van der Waals surface area contributed by atoms with Crippen molar-refractivity contribution in [2.75, 3.05) is 31.1 Å². The number of carbonyl (C=O) groups excluding carboxylic acids is 4. The number of aromatic nitrogens is 2. The van der Waals surface area contributed by atoms with E-state index in [1.807, 2.05) is 26.0 Å². The molecule has 1 N–H and O–H groups in total. The van der Waals surface area contributed by atoms with Crippen LogP contribution in [-0.4, -0.2) is 81.5 Å². The third-order valence-corrected chi connectivity index (χ3v) is 12.2. The number of likely N-dealkylation sites (tertiary alicyclic amines) is 1. The van der Waals surface area contributed by atoms with Crippen LogP contribution in [0.15, 0.2) is 54.6 Å². The summed E-state index contributed by atoms with van der Waals surface area (Å²) >= 11 is 6.27. The summed E-state index contributed by atoms with van der Waals surface area (Å²) in [5.74, 6) is 4.57. The lowest BCUT2D eigenvalue weighted by Crippen LogP contribution is -2.54. The molecule has 0 bridgehead atoms. The van der Waals surface area contributed by atoms with Gasteiger partial charge in [-0.2, -0.15) is 10.4 Å². The first-order valence-corrected chi connectivity index (χ1v) is 19.8. The maximum atomic E-state index is 15.4. The van der Waals surface area contributed by atoms with Crippen LogP contribution in [-0.2, 0) is 16.0 Å². The number of amides is 4. The Balaban J connectivity index is 0.831. The van der Waals surface area contributed by atoms with Crippen molar-refractivity contribution in [1.29, 1.82) is 5.26 Å². The molecule has 4 aromatic rings. The van der Waals surface area contributed by atoms with Gasteiger partial charge in [0.2, 0.25) is 11.8 Å². The van der Waals surface area contributed by atoms with Gasteiger partial charge in [-0.1, -0.05) is 29.5 Å². The zero-order chi connectivity index (χ0) is 40.0. The Morgan fingerprint density at radius 3 is 2.32 bits per heavy atom. The predicted octanol–water partition coefficient (Wildman–Crippen LogP) is 5.88. The number of hydrogen-bond acceptors (Lipinski definition) is 8. The SMILES string of the molecule is Cc1nn(-c2ccc(C#N)c(Cl)c2)c(C)c1Cc1ccc(C#CC2CCN(C3CCN(c4ccc5c(c4)C(=O)N(C4CCC(=O)NC4=O)C5=O)CC3)CC2)cc1F. The summed E-state index contributed by atoms with van der Waals surface area (Å²) in [6, 6.07) is 17.2. The molecule has 13 heteroatoms. The summed E-state index contributed by atoms with van der Waals surface area (Å²) in [6.07, 6.45) is 4.44. The molecule has 0 spiro atoms. The lowest BCUT2D eigenvalue weighted by Gasteiger charge is -2.42. The minimum Gasteiger partial charge on any atom is -0.371 e. The van der Waals surface area contributed by atoms with Gasteiger partial charge in [0, 0.05) is 60.4 Å². The number of nitrogens with one attached hydrogen (secondary N) is 1. The van der Waals surface area contributed by atoms with E-state index in [0.717, 1.165) is 85.1 Å². The predicted molar refractivity (Wildman–Crippen MR) is 211 cm³/mol. The summed E-state index contributed by atoms with van der Waals surface area (Å²) in [6.45, 7) is 7.38. The van der Waals surface area contributed by atoms with Crippen LogP contribution in [0, 0.1) is 48.8 Å². The fraction of sp³-hybridized carbons (Fsp3) is 0.364. The second kappa shape index (κ2) is 15.6. The van der Waals surface area contributed by atoms with E-state index in [9.17, 15) is 24.4 Å². The van der Waals surface area contributed by atoms with Crippen molar-refractivity contribution in [2.45, 2.75) is 70.9 Å². The van der Waals surface area contributed by atoms with Crippen LogP contribution >= 0.6 is 11.6 Å². The zero-order valence-corrected chi connectivity index (χ0v) is 32.5. The van der Waals surface area contributed by atoms with Crippen molar-refractivity contribution in [3.8, 4) is 23.6 Å². The quantitative estimate of drug-likeness (QED) is 0.190. The van der Waals surface area contributed by atoms with Crippen molar-refractivity contribution in [3.05, 3.63) is 110 Å². The van der Waals surface area contributed by atoms with Crippen LogP contribution in [0.4, 0.5) is 10.1 Å². The van der Waals surface area contributed by atoms with Crippen LogP contribution in [0.25, 0.3) is 5.69 Å². The summed E-state index contributed by atoms with van der Waals surface area (Å²) in [5, 5.41) is 16.5. The Hall–Kier alpha value is -5.82. The topological polar surface area (TPSA) is 132 Å². The number of aryl methyl sites for hydroxylation is 1. The van der Waals surface area contributed by atoms with Gasteiger partial charge in [-0.05, 0) is 113 Å². The first kappa shape index (κ1) is 38.1.